The highest BCUT2D eigenvalue weighted by Crippen LogP contribution is 2.08. The van der Waals surface area contributed by atoms with Crippen LogP contribution in [0.25, 0.3) is 0 Å². The minimum Gasteiger partial charge on any atom is -0.456 e. The van der Waals surface area contributed by atoms with E-state index in [0.717, 1.165) is 12.8 Å². The maximum atomic E-state index is 11.1. The van der Waals surface area contributed by atoms with Crippen LogP contribution in [0.5, 0.6) is 0 Å². The first-order valence-corrected chi connectivity index (χ1v) is 6.10. The molecule has 0 aromatic rings. The van der Waals surface area contributed by atoms with Gasteiger partial charge in [0.15, 0.2) is 6.61 Å². The number of ether oxygens (including phenoxy) is 1. The first kappa shape index (κ1) is 14.9. The standard InChI is InChI=1S/C12H23NO3/c1-2-3-4-5-6-7-8-9-12(15)16-10-11(13)14/h2-10H2,1H3,(H2,13,14). The van der Waals surface area contributed by atoms with Crippen molar-refractivity contribution in [1.82, 2.24) is 0 Å². The van der Waals surface area contributed by atoms with Crippen molar-refractivity contribution in [3.8, 4) is 0 Å². The van der Waals surface area contributed by atoms with E-state index in [4.69, 9.17) is 5.73 Å². The second-order valence-electron chi connectivity index (χ2n) is 4.00. The number of unbranched alkanes of at least 4 members (excludes halogenated alkanes) is 6. The SMILES string of the molecule is CCCCCCCCCC(=O)OCC(N)=O. The van der Waals surface area contributed by atoms with Crippen molar-refractivity contribution < 1.29 is 14.3 Å². The number of nitrogens with two attached hydrogens (primary N) is 1. The van der Waals surface area contributed by atoms with E-state index >= 15 is 0 Å². The van der Waals surface area contributed by atoms with Crippen LogP contribution in [0, 0.1) is 0 Å². The summed E-state index contributed by atoms with van der Waals surface area (Å²) in [5.41, 5.74) is 4.85. The van der Waals surface area contributed by atoms with E-state index < -0.39 is 5.91 Å². The number of esters is 1. The van der Waals surface area contributed by atoms with Crippen LogP contribution >= 0.6 is 0 Å². The number of carbonyl (C=O) groups is 2. The fourth-order valence-corrected chi connectivity index (χ4v) is 1.45. The Hall–Kier alpha value is -1.06. The fraction of sp³-hybridized carbons (Fsp3) is 0.833. The van der Waals surface area contributed by atoms with Gasteiger partial charge in [0.2, 0.25) is 0 Å². The molecule has 0 spiro atoms. The van der Waals surface area contributed by atoms with Crippen LogP contribution in [0.1, 0.15) is 58.3 Å². The summed E-state index contributed by atoms with van der Waals surface area (Å²) < 4.78 is 4.64. The number of rotatable bonds is 10. The summed E-state index contributed by atoms with van der Waals surface area (Å²) in [7, 11) is 0. The van der Waals surface area contributed by atoms with Gasteiger partial charge < -0.3 is 10.5 Å². The van der Waals surface area contributed by atoms with Crippen molar-refractivity contribution in [3.63, 3.8) is 0 Å². The summed E-state index contributed by atoms with van der Waals surface area (Å²) in [6.45, 7) is 1.89. The molecule has 0 aliphatic heterocycles. The van der Waals surface area contributed by atoms with Gasteiger partial charge in [0.25, 0.3) is 5.91 Å². The van der Waals surface area contributed by atoms with Crippen molar-refractivity contribution in [3.05, 3.63) is 0 Å². The third-order valence-corrected chi connectivity index (χ3v) is 2.36. The Balaban J connectivity index is 3.18. The minimum absolute atomic E-state index is 0.296. The first-order valence-electron chi connectivity index (χ1n) is 6.10. The Labute approximate surface area is 97.5 Å². The molecule has 0 bridgehead atoms. The molecule has 0 heterocycles. The number of carbonyl (C=O) groups excluding carboxylic acids is 2. The van der Waals surface area contributed by atoms with Crippen LogP contribution in [0.4, 0.5) is 0 Å². The normalized spacial score (nSPS) is 10.1. The fourth-order valence-electron chi connectivity index (χ4n) is 1.45. The molecule has 0 saturated carbocycles. The third-order valence-electron chi connectivity index (χ3n) is 2.36. The van der Waals surface area contributed by atoms with Crippen molar-refractivity contribution in [2.45, 2.75) is 58.3 Å². The summed E-state index contributed by atoms with van der Waals surface area (Å²) in [6, 6.07) is 0. The second kappa shape index (κ2) is 10.5. The lowest BCUT2D eigenvalue weighted by atomic mass is 10.1. The summed E-state index contributed by atoms with van der Waals surface area (Å²) in [4.78, 5) is 21.4. The Bertz CT molecular complexity index is 204. The lowest BCUT2D eigenvalue weighted by Crippen LogP contribution is -2.20. The minimum atomic E-state index is -0.604. The average Bonchev–Trinajstić information content (AvgIpc) is 2.25. The van der Waals surface area contributed by atoms with E-state index in [-0.39, 0.29) is 12.6 Å². The number of hydrogen-bond donors (Lipinski definition) is 1. The summed E-state index contributed by atoms with van der Waals surface area (Å²) in [6.07, 6.45) is 8.51. The highest BCUT2D eigenvalue weighted by Gasteiger charge is 2.03. The van der Waals surface area contributed by atoms with E-state index in [1.165, 1.54) is 32.1 Å². The molecule has 0 aromatic carbocycles. The van der Waals surface area contributed by atoms with Gasteiger partial charge in [-0.05, 0) is 6.42 Å². The van der Waals surface area contributed by atoms with Crippen molar-refractivity contribution in [1.29, 1.82) is 0 Å². The Morgan fingerprint density at radius 3 is 2.12 bits per heavy atom. The first-order chi connectivity index (χ1) is 7.66. The zero-order valence-corrected chi connectivity index (χ0v) is 10.2. The van der Waals surface area contributed by atoms with Crippen LogP contribution in [-0.2, 0) is 14.3 Å². The van der Waals surface area contributed by atoms with Gasteiger partial charge in [-0.15, -0.1) is 0 Å². The monoisotopic (exact) mass is 229 g/mol. The van der Waals surface area contributed by atoms with E-state index in [1.54, 1.807) is 0 Å². The Morgan fingerprint density at radius 1 is 1.00 bits per heavy atom. The molecule has 0 unspecified atom stereocenters. The lowest BCUT2D eigenvalue weighted by molar-refractivity contribution is -0.147. The van der Waals surface area contributed by atoms with Gasteiger partial charge in [-0.2, -0.15) is 0 Å². The van der Waals surface area contributed by atoms with Gasteiger partial charge in [-0.1, -0.05) is 45.4 Å². The predicted octanol–water partition coefficient (Wildman–Crippen LogP) is 2.16. The van der Waals surface area contributed by atoms with E-state index in [2.05, 4.69) is 11.7 Å². The number of primary amides is 1. The number of amides is 1. The van der Waals surface area contributed by atoms with Crippen LogP contribution in [-0.4, -0.2) is 18.5 Å². The summed E-state index contributed by atoms with van der Waals surface area (Å²) >= 11 is 0. The molecule has 0 aliphatic carbocycles. The summed E-state index contributed by atoms with van der Waals surface area (Å²) in [5, 5.41) is 0. The molecule has 2 N–H and O–H groups in total. The van der Waals surface area contributed by atoms with Crippen molar-refractivity contribution in [2.75, 3.05) is 6.61 Å². The topological polar surface area (TPSA) is 69.4 Å². The predicted molar refractivity (Wildman–Crippen MR) is 62.8 cm³/mol. The third kappa shape index (κ3) is 11.0. The molecule has 0 saturated heterocycles. The molecule has 0 aliphatic rings. The van der Waals surface area contributed by atoms with Crippen LogP contribution < -0.4 is 5.73 Å². The molecule has 0 fully saturated rings. The summed E-state index contributed by atoms with van der Waals surface area (Å²) in [5.74, 6) is -0.930. The molecule has 4 nitrogen and oxygen atoms in total. The molecular weight excluding hydrogens is 206 g/mol. The van der Waals surface area contributed by atoms with Gasteiger partial charge in [0.05, 0.1) is 0 Å². The molecule has 0 atom stereocenters. The molecule has 4 heteroatoms. The molecule has 0 radical (unpaired) electrons. The van der Waals surface area contributed by atoms with Crippen LogP contribution in [0.3, 0.4) is 0 Å². The largest absolute Gasteiger partial charge is 0.456 e. The van der Waals surface area contributed by atoms with E-state index in [1.807, 2.05) is 0 Å². The highest BCUT2D eigenvalue weighted by atomic mass is 16.5. The average molecular weight is 229 g/mol. The molecule has 0 rings (SSSR count). The zero-order valence-electron chi connectivity index (χ0n) is 10.2. The maximum absolute atomic E-state index is 11.1. The zero-order chi connectivity index (χ0) is 12.2. The van der Waals surface area contributed by atoms with Crippen LogP contribution in [0.15, 0.2) is 0 Å². The van der Waals surface area contributed by atoms with Gasteiger partial charge >= 0.3 is 5.97 Å². The number of hydrogen-bond acceptors (Lipinski definition) is 3. The van der Waals surface area contributed by atoms with Crippen molar-refractivity contribution in [2.24, 2.45) is 5.73 Å². The van der Waals surface area contributed by atoms with E-state index in [0.29, 0.717) is 6.42 Å². The van der Waals surface area contributed by atoms with Gasteiger partial charge in [-0.25, -0.2) is 0 Å². The van der Waals surface area contributed by atoms with Gasteiger partial charge in [-0.3, -0.25) is 9.59 Å². The maximum Gasteiger partial charge on any atom is 0.306 e. The van der Waals surface area contributed by atoms with Gasteiger partial charge in [0, 0.05) is 6.42 Å². The molecule has 1 amide bonds. The molecular formula is C12H23NO3. The van der Waals surface area contributed by atoms with Gasteiger partial charge in [0.1, 0.15) is 0 Å². The highest BCUT2D eigenvalue weighted by molar-refractivity contribution is 5.78. The second-order valence-corrected chi connectivity index (χ2v) is 4.00. The quantitative estimate of drug-likeness (QED) is 0.461. The molecule has 16 heavy (non-hydrogen) atoms. The smallest absolute Gasteiger partial charge is 0.306 e. The van der Waals surface area contributed by atoms with Crippen molar-refractivity contribution >= 4 is 11.9 Å². The van der Waals surface area contributed by atoms with E-state index in [9.17, 15) is 9.59 Å². The Kier molecular flexibility index (Phi) is 9.76. The molecule has 94 valence electrons. The molecule has 0 aromatic heterocycles. The Morgan fingerprint density at radius 2 is 1.56 bits per heavy atom. The van der Waals surface area contributed by atoms with Crippen LogP contribution in [0.2, 0.25) is 0 Å². The lowest BCUT2D eigenvalue weighted by Gasteiger charge is -2.02.